The van der Waals surface area contributed by atoms with Crippen molar-refractivity contribution in [2.75, 3.05) is 4.90 Å². The van der Waals surface area contributed by atoms with Gasteiger partial charge in [-0.3, -0.25) is 4.79 Å². The molecule has 1 atom stereocenters. The lowest BCUT2D eigenvalue weighted by Gasteiger charge is -2.18. The van der Waals surface area contributed by atoms with Gasteiger partial charge in [-0.05, 0) is 61.1 Å². The van der Waals surface area contributed by atoms with Crippen molar-refractivity contribution >= 4 is 11.6 Å². The van der Waals surface area contributed by atoms with Crippen LogP contribution in [0.1, 0.15) is 41.3 Å². The third kappa shape index (κ3) is 2.96. The number of hydrogen-bond acceptors (Lipinski definition) is 2. The zero-order chi connectivity index (χ0) is 15.8. The van der Waals surface area contributed by atoms with Crippen LogP contribution >= 0.6 is 0 Å². The van der Waals surface area contributed by atoms with Crippen LogP contribution < -0.4 is 10.2 Å². The molecule has 0 saturated heterocycles. The molecule has 3 nitrogen and oxygen atoms in total. The van der Waals surface area contributed by atoms with Crippen LogP contribution in [0.5, 0.6) is 0 Å². The van der Waals surface area contributed by atoms with Crippen molar-refractivity contribution in [3.63, 3.8) is 0 Å². The molecule has 2 aromatic rings. The van der Waals surface area contributed by atoms with Gasteiger partial charge in [0.05, 0.1) is 0 Å². The summed E-state index contributed by atoms with van der Waals surface area (Å²) in [5.41, 5.74) is 4.71. The van der Waals surface area contributed by atoms with Gasteiger partial charge in [-0.25, -0.2) is 0 Å². The number of carbonyl (C=O) groups excluding carboxylic acids is 1. The Morgan fingerprint density at radius 1 is 1.04 bits per heavy atom. The van der Waals surface area contributed by atoms with E-state index in [2.05, 4.69) is 53.5 Å². The first kappa shape index (κ1) is 14.3. The smallest absolute Gasteiger partial charge is 0.251 e. The van der Waals surface area contributed by atoms with E-state index in [1.54, 1.807) is 0 Å². The maximum atomic E-state index is 12.3. The third-order valence-electron chi connectivity index (χ3n) is 5.02. The summed E-state index contributed by atoms with van der Waals surface area (Å²) in [5.74, 6) is 0.724. The molecule has 0 bridgehead atoms. The van der Waals surface area contributed by atoms with Crippen LogP contribution in [-0.2, 0) is 13.1 Å². The fraction of sp³-hybridized carbons (Fsp3) is 0.350. The summed E-state index contributed by atoms with van der Waals surface area (Å²) in [6.45, 7) is 3.99. The van der Waals surface area contributed by atoms with Crippen LogP contribution in [0.25, 0.3) is 0 Å². The molecule has 118 valence electrons. The molecule has 1 heterocycles. The fourth-order valence-corrected chi connectivity index (χ4v) is 3.34. The molecule has 0 radical (unpaired) electrons. The van der Waals surface area contributed by atoms with Crippen molar-refractivity contribution < 1.29 is 4.79 Å². The highest BCUT2D eigenvalue weighted by atomic mass is 16.1. The second-order valence-electron chi connectivity index (χ2n) is 6.77. The number of nitrogens with one attached hydrogen (secondary N) is 1. The number of fused-ring (bicyclic) bond motifs is 1. The highest BCUT2D eigenvalue weighted by Gasteiger charge is 2.29. The van der Waals surface area contributed by atoms with Gasteiger partial charge in [0, 0.05) is 30.4 Å². The molecule has 2 aromatic carbocycles. The Labute approximate surface area is 137 Å². The van der Waals surface area contributed by atoms with Crippen molar-refractivity contribution in [3.05, 3.63) is 65.2 Å². The standard InChI is InChI=1S/C20H22N2O/c1-14(15-6-7-15)21-20(23)16-8-10-19(11-9-16)22-12-17-4-2-3-5-18(17)13-22/h2-5,8-11,14-15H,6-7,12-13H2,1H3,(H,21,23)/t14-/m0/s1. The molecule has 1 saturated carbocycles. The van der Waals surface area contributed by atoms with Crippen LogP contribution in [0, 0.1) is 5.92 Å². The Morgan fingerprint density at radius 3 is 2.22 bits per heavy atom. The van der Waals surface area contributed by atoms with Gasteiger partial charge < -0.3 is 10.2 Å². The van der Waals surface area contributed by atoms with Gasteiger partial charge in [-0.15, -0.1) is 0 Å². The lowest BCUT2D eigenvalue weighted by atomic mass is 10.1. The van der Waals surface area contributed by atoms with Crippen LogP contribution in [0.2, 0.25) is 0 Å². The number of hydrogen-bond donors (Lipinski definition) is 1. The van der Waals surface area contributed by atoms with E-state index in [4.69, 9.17) is 0 Å². The summed E-state index contributed by atoms with van der Waals surface area (Å²) in [7, 11) is 0. The molecule has 23 heavy (non-hydrogen) atoms. The van der Waals surface area contributed by atoms with Gasteiger partial charge in [0.2, 0.25) is 0 Å². The largest absolute Gasteiger partial charge is 0.363 e. The zero-order valence-electron chi connectivity index (χ0n) is 13.5. The van der Waals surface area contributed by atoms with Crippen molar-refractivity contribution in [2.45, 2.75) is 38.9 Å². The number of amides is 1. The van der Waals surface area contributed by atoms with Crippen LogP contribution in [0.4, 0.5) is 5.69 Å². The Balaban J connectivity index is 1.43. The number of anilines is 1. The summed E-state index contributed by atoms with van der Waals surface area (Å²) in [4.78, 5) is 14.6. The molecule has 4 rings (SSSR count). The second-order valence-corrected chi connectivity index (χ2v) is 6.77. The van der Waals surface area contributed by atoms with Crippen LogP contribution in [0.3, 0.4) is 0 Å². The van der Waals surface area contributed by atoms with Crippen molar-refractivity contribution in [2.24, 2.45) is 5.92 Å². The monoisotopic (exact) mass is 306 g/mol. The van der Waals surface area contributed by atoms with Crippen molar-refractivity contribution in [1.82, 2.24) is 5.32 Å². The van der Waals surface area contributed by atoms with E-state index in [0.29, 0.717) is 5.92 Å². The summed E-state index contributed by atoms with van der Waals surface area (Å²) >= 11 is 0. The van der Waals surface area contributed by atoms with E-state index in [9.17, 15) is 4.79 Å². The van der Waals surface area contributed by atoms with E-state index in [1.807, 2.05) is 12.1 Å². The molecule has 1 aliphatic carbocycles. The van der Waals surface area contributed by atoms with Crippen LogP contribution in [-0.4, -0.2) is 11.9 Å². The quantitative estimate of drug-likeness (QED) is 0.933. The summed E-state index contributed by atoms with van der Waals surface area (Å²) in [6, 6.07) is 16.8. The molecule has 0 aromatic heterocycles. The van der Waals surface area contributed by atoms with E-state index in [0.717, 1.165) is 18.7 Å². The zero-order valence-corrected chi connectivity index (χ0v) is 13.5. The summed E-state index contributed by atoms with van der Waals surface area (Å²) < 4.78 is 0. The molecule has 1 fully saturated rings. The van der Waals surface area contributed by atoms with Crippen LogP contribution in [0.15, 0.2) is 48.5 Å². The minimum atomic E-state index is 0.0423. The average molecular weight is 306 g/mol. The van der Waals surface area contributed by atoms with Gasteiger partial charge in [-0.2, -0.15) is 0 Å². The molecule has 1 N–H and O–H groups in total. The highest BCUT2D eigenvalue weighted by molar-refractivity contribution is 5.94. The molecule has 1 aliphatic heterocycles. The van der Waals surface area contributed by atoms with Gasteiger partial charge in [0.1, 0.15) is 0 Å². The Bertz CT molecular complexity index is 694. The number of carbonyl (C=O) groups is 1. The fourth-order valence-electron chi connectivity index (χ4n) is 3.34. The topological polar surface area (TPSA) is 32.3 Å². The molecule has 0 spiro atoms. The summed E-state index contributed by atoms with van der Waals surface area (Å²) in [5, 5.41) is 3.11. The number of nitrogens with zero attached hydrogens (tertiary/aromatic N) is 1. The van der Waals surface area contributed by atoms with E-state index < -0.39 is 0 Å². The molecule has 0 unspecified atom stereocenters. The third-order valence-corrected chi connectivity index (χ3v) is 5.02. The molecule has 2 aliphatic rings. The van der Waals surface area contributed by atoms with E-state index >= 15 is 0 Å². The number of rotatable bonds is 4. The molecular weight excluding hydrogens is 284 g/mol. The minimum Gasteiger partial charge on any atom is -0.363 e. The molecule has 1 amide bonds. The maximum Gasteiger partial charge on any atom is 0.251 e. The first-order valence-corrected chi connectivity index (χ1v) is 8.43. The Kier molecular flexibility index (Phi) is 3.56. The van der Waals surface area contributed by atoms with Gasteiger partial charge in [-0.1, -0.05) is 24.3 Å². The second kappa shape index (κ2) is 5.73. The average Bonchev–Trinajstić information content (AvgIpc) is 3.34. The normalized spacial score (nSPS) is 17.7. The van der Waals surface area contributed by atoms with E-state index in [-0.39, 0.29) is 11.9 Å². The van der Waals surface area contributed by atoms with E-state index in [1.165, 1.54) is 29.7 Å². The Hall–Kier alpha value is -2.29. The Morgan fingerprint density at radius 2 is 1.65 bits per heavy atom. The first-order chi connectivity index (χ1) is 11.2. The lowest BCUT2D eigenvalue weighted by Crippen LogP contribution is -2.33. The number of benzene rings is 2. The summed E-state index contributed by atoms with van der Waals surface area (Å²) in [6.07, 6.45) is 2.49. The minimum absolute atomic E-state index is 0.0423. The highest BCUT2D eigenvalue weighted by Crippen LogP contribution is 2.32. The SMILES string of the molecule is C[C@H](NC(=O)c1ccc(N2Cc3ccccc3C2)cc1)C1CC1. The predicted octanol–water partition coefficient (Wildman–Crippen LogP) is 3.74. The molecular formula is C20H22N2O. The molecule has 3 heteroatoms. The first-order valence-electron chi connectivity index (χ1n) is 8.43. The van der Waals surface area contributed by atoms with Gasteiger partial charge in [0.15, 0.2) is 0 Å². The maximum absolute atomic E-state index is 12.3. The van der Waals surface area contributed by atoms with Gasteiger partial charge in [0.25, 0.3) is 5.91 Å². The lowest BCUT2D eigenvalue weighted by molar-refractivity contribution is 0.0936. The van der Waals surface area contributed by atoms with Gasteiger partial charge >= 0.3 is 0 Å². The predicted molar refractivity (Wildman–Crippen MR) is 92.4 cm³/mol. The van der Waals surface area contributed by atoms with Crippen molar-refractivity contribution in [1.29, 1.82) is 0 Å². The van der Waals surface area contributed by atoms with Crippen molar-refractivity contribution in [3.8, 4) is 0 Å².